The second-order valence-corrected chi connectivity index (χ2v) is 2.89. The molecule has 0 fully saturated rings. The summed E-state index contributed by atoms with van der Waals surface area (Å²) >= 11 is 0. The molecule has 62 valence electrons. The van der Waals surface area contributed by atoms with Crippen molar-refractivity contribution in [1.82, 2.24) is 4.98 Å². The Labute approximate surface area is 71.2 Å². The maximum atomic E-state index is 5.21. The van der Waals surface area contributed by atoms with Gasteiger partial charge in [-0.05, 0) is 30.7 Å². The van der Waals surface area contributed by atoms with E-state index in [9.17, 15) is 0 Å². The molecule has 0 saturated carbocycles. The Kier molecular flexibility index (Phi) is 1.54. The van der Waals surface area contributed by atoms with Gasteiger partial charge in [0.05, 0.1) is 7.11 Å². The van der Waals surface area contributed by atoms with E-state index < -0.39 is 0 Å². The highest BCUT2D eigenvalue weighted by atomic mass is 16.5. The summed E-state index contributed by atoms with van der Waals surface area (Å²) in [5.41, 5.74) is 2.32. The van der Waals surface area contributed by atoms with Gasteiger partial charge in [0.1, 0.15) is 5.75 Å². The van der Waals surface area contributed by atoms with Crippen LogP contribution in [0.5, 0.6) is 5.75 Å². The van der Waals surface area contributed by atoms with Crippen molar-refractivity contribution in [3.63, 3.8) is 0 Å². The molecule has 1 N–H and O–H groups in total. The van der Waals surface area contributed by atoms with Crippen molar-refractivity contribution in [3.05, 3.63) is 30.0 Å². The van der Waals surface area contributed by atoms with E-state index in [0.717, 1.165) is 16.8 Å². The van der Waals surface area contributed by atoms with Gasteiger partial charge in [-0.2, -0.15) is 0 Å². The van der Waals surface area contributed by atoms with E-state index in [2.05, 4.69) is 11.1 Å². The fraction of sp³-hybridized carbons (Fsp3) is 0.200. The summed E-state index contributed by atoms with van der Waals surface area (Å²) in [6.07, 6.45) is 1.93. The molecule has 0 aliphatic carbocycles. The molecule has 1 aromatic heterocycles. The molecule has 0 aliphatic rings. The summed E-state index contributed by atoms with van der Waals surface area (Å²) in [5.74, 6) is 0.946. The fourth-order valence-corrected chi connectivity index (χ4v) is 1.41. The van der Waals surface area contributed by atoms with E-state index in [1.807, 2.05) is 25.3 Å². The molecule has 2 heteroatoms. The van der Waals surface area contributed by atoms with E-state index in [1.165, 1.54) is 5.39 Å². The SMILES string of the molecule is COc1cc2cc[nH]c2cc1C. The molecule has 0 saturated heterocycles. The lowest BCUT2D eigenvalue weighted by molar-refractivity contribution is 0.412. The predicted octanol–water partition coefficient (Wildman–Crippen LogP) is 2.48. The molecule has 0 radical (unpaired) electrons. The molecule has 2 nitrogen and oxygen atoms in total. The smallest absolute Gasteiger partial charge is 0.122 e. The molecule has 2 aromatic rings. The second kappa shape index (κ2) is 2.55. The number of aromatic nitrogens is 1. The van der Waals surface area contributed by atoms with Crippen molar-refractivity contribution in [2.75, 3.05) is 7.11 Å². The number of rotatable bonds is 1. The number of methoxy groups -OCH3 is 1. The monoisotopic (exact) mass is 161 g/mol. The lowest BCUT2D eigenvalue weighted by Gasteiger charge is -2.03. The first kappa shape index (κ1) is 7.22. The summed E-state index contributed by atoms with van der Waals surface area (Å²) < 4.78 is 5.21. The Morgan fingerprint density at radius 1 is 1.33 bits per heavy atom. The number of fused-ring (bicyclic) bond motifs is 1. The molecule has 0 aliphatic heterocycles. The summed E-state index contributed by atoms with van der Waals surface area (Å²) in [4.78, 5) is 3.16. The lowest BCUT2D eigenvalue weighted by Crippen LogP contribution is -1.85. The summed E-state index contributed by atoms with van der Waals surface area (Å²) in [5, 5.41) is 1.19. The molecule has 2 rings (SSSR count). The van der Waals surface area contributed by atoms with Crippen LogP contribution >= 0.6 is 0 Å². The highest BCUT2D eigenvalue weighted by Gasteiger charge is 2.00. The molecular weight excluding hydrogens is 150 g/mol. The predicted molar refractivity (Wildman–Crippen MR) is 49.6 cm³/mol. The average molecular weight is 161 g/mol. The number of aryl methyl sites for hydroxylation is 1. The van der Waals surface area contributed by atoms with Crippen molar-refractivity contribution in [3.8, 4) is 5.75 Å². The van der Waals surface area contributed by atoms with Gasteiger partial charge in [-0.25, -0.2) is 0 Å². The van der Waals surface area contributed by atoms with Crippen LogP contribution in [-0.4, -0.2) is 12.1 Å². The van der Waals surface area contributed by atoms with Crippen molar-refractivity contribution in [2.45, 2.75) is 6.92 Å². The van der Waals surface area contributed by atoms with Crippen LogP contribution in [0.4, 0.5) is 0 Å². The van der Waals surface area contributed by atoms with Gasteiger partial charge in [0, 0.05) is 17.1 Å². The van der Waals surface area contributed by atoms with E-state index in [-0.39, 0.29) is 0 Å². The zero-order valence-electron chi connectivity index (χ0n) is 7.22. The van der Waals surface area contributed by atoms with Gasteiger partial charge < -0.3 is 9.72 Å². The molecule has 1 heterocycles. The minimum atomic E-state index is 0.946. The van der Waals surface area contributed by atoms with Crippen LogP contribution in [0.15, 0.2) is 24.4 Å². The van der Waals surface area contributed by atoms with Crippen LogP contribution in [0.3, 0.4) is 0 Å². The molecule has 1 aromatic carbocycles. The topological polar surface area (TPSA) is 25.0 Å². The summed E-state index contributed by atoms with van der Waals surface area (Å²) in [6.45, 7) is 2.04. The number of H-pyrrole nitrogens is 1. The lowest BCUT2D eigenvalue weighted by atomic mass is 10.1. The number of ether oxygens (including phenoxy) is 1. The van der Waals surface area contributed by atoms with Crippen molar-refractivity contribution >= 4 is 10.9 Å². The molecule has 0 bridgehead atoms. The summed E-state index contributed by atoms with van der Waals surface area (Å²) in [7, 11) is 1.70. The number of aromatic amines is 1. The minimum absolute atomic E-state index is 0.946. The minimum Gasteiger partial charge on any atom is -0.496 e. The molecule has 12 heavy (non-hydrogen) atoms. The van der Waals surface area contributed by atoms with E-state index in [1.54, 1.807) is 7.11 Å². The Bertz CT molecular complexity index is 403. The third-order valence-corrected chi connectivity index (χ3v) is 2.07. The summed E-state index contributed by atoms with van der Waals surface area (Å²) in [6, 6.07) is 6.17. The largest absolute Gasteiger partial charge is 0.496 e. The van der Waals surface area contributed by atoms with Crippen LogP contribution < -0.4 is 4.74 Å². The van der Waals surface area contributed by atoms with E-state index in [0.29, 0.717) is 0 Å². The highest BCUT2D eigenvalue weighted by molar-refractivity contribution is 5.81. The Hall–Kier alpha value is -1.44. The number of hydrogen-bond donors (Lipinski definition) is 1. The number of hydrogen-bond acceptors (Lipinski definition) is 1. The molecule has 0 atom stereocenters. The third-order valence-electron chi connectivity index (χ3n) is 2.07. The Morgan fingerprint density at radius 3 is 2.92 bits per heavy atom. The number of nitrogens with one attached hydrogen (secondary N) is 1. The van der Waals surface area contributed by atoms with Gasteiger partial charge in [0.15, 0.2) is 0 Å². The highest BCUT2D eigenvalue weighted by Crippen LogP contribution is 2.23. The van der Waals surface area contributed by atoms with Gasteiger partial charge in [-0.3, -0.25) is 0 Å². The Morgan fingerprint density at radius 2 is 2.17 bits per heavy atom. The third kappa shape index (κ3) is 0.961. The second-order valence-electron chi connectivity index (χ2n) is 2.89. The van der Waals surface area contributed by atoms with Crippen LogP contribution in [0.25, 0.3) is 10.9 Å². The van der Waals surface area contributed by atoms with Gasteiger partial charge >= 0.3 is 0 Å². The van der Waals surface area contributed by atoms with Crippen molar-refractivity contribution in [2.24, 2.45) is 0 Å². The van der Waals surface area contributed by atoms with Gasteiger partial charge in [0.2, 0.25) is 0 Å². The molecule has 0 unspecified atom stereocenters. The van der Waals surface area contributed by atoms with Crippen LogP contribution in [-0.2, 0) is 0 Å². The maximum absolute atomic E-state index is 5.21. The number of benzene rings is 1. The van der Waals surface area contributed by atoms with Crippen molar-refractivity contribution < 1.29 is 4.74 Å². The van der Waals surface area contributed by atoms with Crippen LogP contribution in [0.1, 0.15) is 5.56 Å². The molecular formula is C10H11NO. The van der Waals surface area contributed by atoms with Gasteiger partial charge in [0.25, 0.3) is 0 Å². The maximum Gasteiger partial charge on any atom is 0.122 e. The average Bonchev–Trinajstić information content (AvgIpc) is 2.49. The first-order chi connectivity index (χ1) is 5.81. The normalized spacial score (nSPS) is 10.5. The fourth-order valence-electron chi connectivity index (χ4n) is 1.41. The zero-order chi connectivity index (χ0) is 8.55. The standard InChI is InChI=1S/C10H11NO/c1-7-5-9-8(3-4-11-9)6-10(7)12-2/h3-6,11H,1-2H3. The van der Waals surface area contributed by atoms with Crippen molar-refractivity contribution in [1.29, 1.82) is 0 Å². The van der Waals surface area contributed by atoms with E-state index >= 15 is 0 Å². The first-order valence-electron chi connectivity index (χ1n) is 3.93. The zero-order valence-corrected chi connectivity index (χ0v) is 7.22. The van der Waals surface area contributed by atoms with E-state index in [4.69, 9.17) is 4.74 Å². The molecule has 0 amide bonds. The Balaban J connectivity index is 2.73. The van der Waals surface area contributed by atoms with Crippen LogP contribution in [0.2, 0.25) is 0 Å². The van der Waals surface area contributed by atoms with Crippen LogP contribution in [0, 0.1) is 6.92 Å². The molecule has 0 spiro atoms. The van der Waals surface area contributed by atoms with Gasteiger partial charge in [-0.1, -0.05) is 0 Å². The van der Waals surface area contributed by atoms with Gasteiger partial charge in [-0.15, -0.1) is 0 Å². The quantitative estimate of drug-likeness (QED) is 0.682. The first-order valence-corrected chi connectivity index (χ1v) is 3.93.